The van der Waals surface area contributed by atoms with Crippen molar-refractivity contribution in [2.45, 2.75) is 59.2 Å². The second kappa shape index (κ2) is 8.09. The number of carbonyl (C=O) groups is 3. The van der Waals surface area contributed by atoms with Gasteiger partial charge >= 0.3 is 16.9 Å². The molecule has 0 fully saturated rings. The molecule has 1 aromatic heterocycles. The van der Waals surface area contributed by atoms with E-state index in [2.05, 4.69) is 10.6 Å². The SMILES string of the molecule is Cc1csc(=O)n1CCC(=O)OC(C)C(=O)NC(=O)NC(C)(C)C. The van der Waals surface area contributed by atoms with Crippen molar-refractivity contribution in [3.05, 3.63) is 20.7 Å². The molecule has 3 amide bonds. The van der Waals surface area contributed by atoms with Crippen LogP contribution < -0.4 is 15.5 Å². The molecule has 0 aliphatic heterocycles. The van der Waals surface area contributed by atoms with Crippen LogP contribution in [0.15, 0.2) is 10.2 Å². The van der Waals surface area contributed by atoms with Crippen LogP contribution in [-0.4, -0.2) is 34.1 Å². The van der Waals surface area contributed by atoms with Crippen LogP contribution in [0.25, 0.3) is 0 Å². The number of aryl methyl sites for hydroxylation is 1. The van der Waals surface area contributed by atoms with E-state index < -0.39 is 29.6 Å². The van der Waals surface area contributed by atoms with E-state index in [4.69, 9.17) is 4.74 Å². The number of imide groups is 1. The predicted molar refractivity (Wildman–Crippen MR) is 89.9 cm³/mol. The maximum atomic E-state index is 11.8. The zero-order chi connectivity index (χ0) is 18.5. The number of nitrogens with zero attached hydrogens (tertiary/aromatic N) is 1. The number of urea groups is 1. The van der Waals surface area contributed by atoms with Crippen molar-refractivity contribution in [1.29, 1.82) is 0 Å². The summed E-state index contributed by atoms with van der Waals surface area (Å²) in [5.74, 6) is -1.33. The first-order valence-corrected chi connectivity index (χ1v) is 8.35. The fourth-order valence-electron chi connectivity index (χ4n) is 1.77. The number of esters is 1. The normalized spacial score (nSPS) is 12.4. The Morgan fingerprint density at radius 2 is 1.96 bits per heavy atom. The number of thiazole rings is 1. The zero-order valence-electron chi connectivity index (χ0n) is 14.5. The molecule has 8 nitrogen and oxygen atoms in total. The second-order valence-corrected chi connectivity index (χ2v) is 7.19. The molecular weight excluding hydrogens is 334 g/mol. The molecule has 0 saturated heterocycles. The van der Waals surface area contributed by atoms with E-state index in [-0.39, 0.29) is 17.8 Å². The average Bonchev–Trinajstić information content (AvgIpc) is 2.73. The quantitative estimate of drug-likeness (QED) is 0.769. The van der Waals surface area contributed by atoms with Crippen LogP contribution in [0.2, 0.25) is 0 Å². The molecule has 9 heteroatoms. The third kappa shape index (κ3) is 6.53. The molecule has 0 aromatic carbocycles. The zero-order valence-corrected chi connectivity index (χ0v) is 15.3. The van der Waals surface area contributed by atoms with Gasteiger partial charge in [0.15, 0.2) is 6.10 Å². The minimum atomic E-state index is -1.11. The van der Waals surface area contributed by atoms with Gasteiger partial charge in [0.2, 0.25) is 0 Å². The molecule has 134 valence electrons. The molecule has 0 radical (unpaired) electrons. The van der Waals surface area contributed by atoms with Gasteiger partial charge < -0.3 is 14.6 Å². The molecule has 1 aromatic rings. The van der Waals surface area contributed by atoms with E-state index in [9.17, 15) is 19.2 Å². The molecule has 24 heavy (non-hydrogen) atoms. The third-order valence-corrected chi connectivity index (χ3v) is 3.80. The topological polar surface area (TPSA) is 106 Å². The fraction of sp³-hybridized carbons (Fsp3) is 0.600. The highest BCUT2D eigenvalue weighted by molar-refractivity contribution is 7.07. The molecule has 2 N–H and O–H groups in total. The van der Waals surface area contributed by atoms with E-state index in [0.29, 0.717) is 0 Å². The summed E-state index contributed by atoms with van der Waals surface area (Å²) >= 11 is 1.06. The van der Waals surface area contributed by atoms with Gasteiger partial charge in [0.1, 0.15) is 0 Å². The Hall–Kier alpha value is -2.16. The molecule has 0 aliphatic rings. The molecule has 0 saturated carbocycles. The minimum absolute atomic E-state index is 0.0384. The van der Waals surface area contributed by atoms with E-state index >= 15 is 0 Å². The van der Waals surface area contributed by atoms with Gasteiger partial charge in [-0.15, -0.1) is 0 Å². The van der Waals surface area contributed by atoms with E-state index in [0.717, 1.165) is 17.0 Å². The van der Waals surface area contributed by atoms with Gasteiger partial charge in [0, 0.05) is 23.2 Å². The van der Waals surface area contributed by atoms with Gasteiger partial charge in [0.05, 0.1) is 6.42 Å². The van der Waals surface area contributed by atoms with Crippen LogP contribution in [0.3, 0.4) is 0 Å². The molecule has 1 atom stereocenters. The first kappa shape index (κ1) is 19.9. The summed E-state index contributed by atoms with van der Waals surface area (Å²) in [4.78, 5) is 46.6. The lowest BCUT2D eigenvalue weighted by Gasteiger charge is -2.21. The highest BCUT2D eigenvalue weighted by Crippen LogP contribution is 2.03. The molecule has 0 aliphatic carbocycles. The van der Waals surface area contributed by atoms with Gasteiger partial charge in [-0.25, -0.2) is 4.79 Å². The first-order chi connectivity index (χ1) is 11.0. The van der Waals surface area contributed by atoms with Crippen molar-refractivity contribution in [3.63, 3.8) is 0 Å². The number of ether oxygens (including phenoxy) is 1. The van der Waals surface area contributed by atoms with Gasteiger partial charge in [-0.05, 0) is 34.6 Å². The van der Waals surface area contributed by atoms with Crippen LogP contribution in [-0.2, 0) is 20.9 Å². The largest absolute Gasteiger partial charge is 0.452 e. The minimum Gasteiger partial charge on any atom is -0.452 e. The lowest BCUT2D eigenvalue weighted by atomic mass is 10.1. The van der Waals surface area contributed by atoms with E-state index in [1.807, 2.05) is 0 Å². The lowest BCUT2D eigenvalue weighted by Crippen LogP contribution is -2.50. The number of rotatable bonds is 5. The van der Waals surface area contributed by atoms with Crippen LogP contribution in [0, 0.1) is 6.92 Å². The van der Waals surface area contributed by atoms with Gasteiger partial charge in [0.25, 0.3) is 5.91 Å². The summed E-state index contributed by atoms with van der Waals surface area (Å²) in [6, 6.07) is -0.657. The summed E-state index contributed by atoms with van der Waals surface area (Å²) in [5, 5.41) is 6.38. The van der Waals surface area contributed by atoms with E-state index in [1.165, 1.54) is 11.5 Å². The highest BCUT2D eigenvalue weighted by Gasteiger charge is 2.22. The van der Waals surface area contributed by atoms with Crippen LogP contribution in [0.1, 0.15) is 39.8 Å². The Balaban J connectivity index is 2.44. The summed E-state index contributed by atoms with van der Waals surface area (Å²) in [6.45, 7) is 8.65. The Kier molecular flexibility index (Phi) is 6.70. The van der Waals surface area contributed by atoms with Gasteiger partial charge in [-0.2, -0.15) is 0 Å². The fourth-order valence-corrected chi connectivity index (χ4v) is 2.53. The number of carbonyl (C=O) groups excluding carboxylic acids is 3. The van der Waals surface area contributed by atoms with Crippen LogP contribution >= 0.6 is 11.3 Å². The summed E-state index contributed by atoms with van der Waals surface area (Å²) in [5.41, 5.74) is 0.276. The van der Waals surface area contributed by atoms with E-state index in [1.54, 1.807) is 33.1 Å². The van der Waals surface area contributed by atoms with Gasteiger partial charge in [-0.1, -0.05) is 11.3 Å². The first-order valence-electron chi connectivity index (χ1n) is 7.47. The number of aromatic nitrogens is 1. The van der Waals surface area contributed by atoms with Crippen molar-refractivity contribution < 1.29 is 19.1 Å². The molecule has 1 unspecified atom stereocenters. The summed E-state index contributed by atoms with van der Waals surface area (Å²) < 4.78 is 6.44. The maximum Gasteiger partial charge on any atom is 0.321 e. The monoisotopic (exact) mass is 357 g/mol. The van der Waals surface area contributed by atoms with Crippen molar-refractivity contribution in [2.75, 3.05) is 0 Å². The standard InChI is InChI=1S/C15H23N3O5S/c1-9-8-24-14(22)18(9)7-6-11(19)23-10(2)12(20)16-13(21)17-15(3,4)5/h8,10H,6-7H2,1-5H3,(H2,16,17,20,21). The van der Waals surface area contributed by atoms with Crippen molar-refractivity contribution in [3.8, 4) is 0 Å². The average molecular weight is 357 g/mol. The van der Waals surface area contributed by atoms with Crippen molar-refractivity contribution in [2.24, 2.45) is 0 Å². The van der Waals surface area contributed by atoms with Crippen LogP contribution in [0.5, 0.6) is 0 Å². The van der Waals surface area contributed by atoms with Crippen molar-refractivity contribution in [1.82, 2.24) is 15.2 Å². The predicted octanol–water partition coefficient (Wildman–Crippen LogP) is 1.16. The molecule has 1 heterocycles. The molecule has 1 rings (SSSR count). The highest BCUT2D eigenvalue weighted by atomic mass is 32.1. The second-order valence-electron chi connectivity index (χ2n) is 6.37. The van der Waals surface area contributed by atoms with Crippen molar-refractivity contribution >= 4 is 29.2 Å². The Morgan fingerprint density at radius 1 is 1.33 bits per heavy atom. The number of nitrogens with one attached hydrogen (secondary N) is 2. The number of hydrogen-bond donors (Lipinski definition) is 2. The van der Waals surface area contributed by atoms with Crippen LogP contribution in [0.4, 0.5) is 4.79 Å². The molecule has 0 bridgehead atoms. The summed E-state index contributed by atoms with van der Waals surface area (Å²) in [7, 11) is 0. The lowest BCUT2D eigenvalue weighted by molar-refractivity contribution is -0.154. The Labute approximate surface area is 144 Å². The third-order valence-electron chi connectivity index (χ3n) is 2.92. The Morgan fingerprint density at radius 3 is 2.46 bits per heavy atom. The number of amides is 3. The number of hydrogen-bond acceptors (Lipinski definition) is 6. The maximum absolute atomic E-state index is 11.8. The van der Waals surface area contributed by atoms with Gasteiger partial charge in [-0.3, -0.25) is 19.7 Å². The summed E-state index contributed by atoms with van der Waals surface area (Å²) in [6.07, 6.45) is -1.15. The Bertz CT molecular complexity index is 671. The smallest absolute Gasteiger partial charge is 0.321 e. The molecular formula is C15H23N3O5S. The molecule has 0 spiro atoms.